The van der Waals surface area contributed by atoms with Crippen LogP contribution < -0.4 is 10.6 Å². The number of guanidine groups is 1. The number of thioether (sulfide) groups is 1. The summed E-state index contributed by atoms with van der Waals surface area (Å²) in [7, 11) is 3.52. The maximum absolute atomic E-state index is 11.9. The average Bonchev–Trinajstić information content (AvgIpc) is 2.72. The van der Waals surface area contributed by atoms with Crippen molar-refractivity contribution in [3.05, 3.63) is 35.9 Å². The minimum absolute atomic E-state index is 0.0115. The summed E-state index contributed by atoms with van der Waals surface area (Å²) < 4.78 is 0. The van der Waals surface area contributed by atoms with Crippen molar-refractivity contribution in [1.82, 2.24) is 20.4 Å². The van der Waals surface area contributed by atoms with Gasteiger partial charge in [-0.25, -0.2) is 4.99 Å². The molecule has 156 valence electrons. The Morgan fingerprint density at radius 3 is 2.57 bits per heavy atom. The number of nitrogens with zero attached hydrogens (tertiary/aromatic N) is 3. The topological polar surface area (TPSA) is 60.0 Å². The molecule has 1 amide bonds. The summed E-state index contributed by atoms with van der Waals surface area (Å²) in [5, 5.41) is 6.90. The molecule has 0 aromatic heterocycles. The fraction of sp³-hybridized carbons (Fsp3) is 0.619. The number of carbonyl (C=O) groups is 1. The molecule has 1 atom stereocenters. The second kappa shape index (κ2) is 12.0. The second-order valence-electron chi connectivity index (χ2n) is 7.41. The van der Waals surface area contributed by atoms with Crippen LogP contribution in [0, 0.1) is 0 Å². The highest BCUT2D eigenvalue weighted by Crippen LogP contribution is 2.23. The highest BCUT2D eigenvalue weighted by Gasteiger charge is 2.24. The monoisotopic (exact) mass is 405 g/mol. The van der Waals surface area contributed by atoms with Crippen molar-refractivity contribution in [3.63, 3.8) is 0 Å². The number of benzene rings is 1. The predicted octanol–water partition coefficient (Wildman–Crippen LogP) is 2.20. The molecule has 0 radical (unpaired) electrons. The lowest BCUT2D eigenvalue weighted by molar-refractivity contribution is -0.127. The summed E-state index contributed by atoms with van der Waals surface area (Å²) in [6.07, 6.45) is 4.23. The van der Waals surface area contributed by atoms with Crippen LogP contribution >= 0.6 is 11.8 Å². The Morgan fingerprint density at radius 2 is 1.96 bits per heavy atom. The number of amides is 1. The first-order valence-corrected chi connectivity index (χ1v) is 11.4. The molecule has 2 N–H and O–H groups in total. The van der Waals surface area contributed by atoms with Crippen LogP contribution in [0.4, 0.5) is 0 Å². The van der Waals surface area contributed by atoms with Gasteiger partial charge in [-0.2, -0.15) is 11.8 Å². The molecule has 1 fully saturated rings. The molecular formula is C21H35N5OS. The summed E-state index contributed by atoms with van der Waals surface area (Å²) in [6, 6.07) is 11.5. The highest BCUT2D eigenvalue weighted by atomic mass is 32.2. The Hall–Kier alpha value is -1.73. The van der Waals surface area contributed by atoms with Gasteiger partial charge in [0.2, 0.25) is 5.91 Å². The molecule has 1 aliphatic rings. The highest BCUT2D eigenvalue weighted by molar-refractivity contribution is 7.98. The Morgan fingerprint density at radius 1 is 1.29 bits per heavy atom. The van der Waals surface area contributed by atoms with Gasteiger partial charge in [0.05, 0.1) is 0 Å². The number of aliphatic imine (C=N–C) groups is 1. The number of likely N-dealkylation sites (tertiary alicyclic amines) is 1. The Balaban J connectivity index is 1.87. The Labute approximate surface area is 174 Å². The molecule has 6 nitrogen and oxygen atoms in total. The van der Waals surface area contributed by atoms with Gasteiger partial charge in [0.1, 0.15) is 6.54 Å². The van der Waals surface area contributed by atoms with E-state index in [1.807, 2.05) is 0 Å². The first-order chi connectivity index (χ1) is 13.5. The van der Waals surface area contributed by atoms with E-state index < -0.39 is 0 Å². The van der Waals surface area contributed by atoms with Crippen LogP contribution in [0.3, 0.4) is 0 Å². The van der Waals surface area contributed by atoms with Gasteiger partial charge < -0.3 is 15.5 Å². The van der Waals surface area contributed by atoms with Crippen molar-refractivity contribution in [2.75, 3.05) is 52.3 Å². The van der Waals surface area contributed by atoms with Gasteiger partial charge in [0.25, 0.3) is 0 Å². The number of piperidine rings is 1. The minimum Gasteiger partial charge on any atom is -0.356 e. The lowest BCUT2D eigenvalue weighted by Crippen LogP contribution is -2.49. The van der Waals surface area contributed by atoms with Gasteiger partial charge in [-0.15, -0.1) is 0 Å². The third-order valence-corrected chi connectivity index (χ3v) is 5.78. The van der Waals surface area contributed by atoms with Gasteiger partial charge in [0, 0.05) is 51.6 Å². The van der Waals surface area contributed by atoms with E-state index in [4.69, 9.17) is 0 Å². The molecule has 0 aliphatic carbocycles. The number of rotatable bonds is 8. The molecule has 1 saturated heterocycles. The molecule has 1 aromatic rings. The van der Waals surface area contributed by atoms with Crippen molar-refractivity contribution in [2.45, 2.75) is 31.8 Å². The molecule has 2 rings (SSSR count). The summed E-state index contributed by atoms with van der Waals surface area (Å²) >= 11 is 1.79. The fourth-order valence-electron chi connectivity index (χ4n) is 3.28. The van der Waals surface area contributed by atoms with Crippen LogP contribution in [-0.2, 0) is 4.79 Å². The Bertz CT molecular complexity index is 614. The largest absolute Gasteiger partial charge is 0.356 e. The molecule has 0 saturated carbocycles. The summed E-state index contributed by atoms with van der Waals surface area (Å²) in [5.41, 5.74) is 1.37. The summed E-state index contributed by atoms with van der Waals surface area (Å²) in [6.45, 7) is 5.41. The van der Waals surface area contributed by atoms with Crippen LogP contribution in [-0.4, -0.2) is 80.0 Å². The zero-order valence-corrected chi connectivity index (χ0v) is 18.5. The third kappa shape index (κ3) is 7.36. The fourth-order valence-corrected chi connectivity index (χ4v) is 3.59. The SMILES string of the molecule is CSCCNC(=NCC(=O)N(C)C)NC1CCN(C(C)c2ccccc2)CC1. The first kappa shape index (κ1) is 22.6. The molecular weight excluding hydrogens is 370 g/mol. The van der Waals surface area contributed by atoms with Crippen molar-refractivity contribution in [3.8, 4) is 0 Å². The van der Waals surface area contributed by atoms with E-state index >= 15 is 0 Å². The minimum atomic E-state index is 0.0115. The third-order valence-electron chi connectivity index (χ3n) is 5.17. The Kier molecular flexibility index (Phi) is 9.64. The summed E-state index contributed by atoms with van der Waals surface area (Å²) in [5.74, 6) is 1.77. The van der Waals surface area contributed by atoms with Crippen molar-refractivity contribution in [2.24, 2.45) is 4.99 Å². The zero-order chi connectivity index (χ0) is 20.4. The zero-order valence-electron chi connectivity index (χ0n) is 17.6. The molecule has 0 bridgehead atoms. The predicted molar refractivity (Wildman–Crippen MR) is 120 cm³/mol. The van der Waals surface area contributed by atoms with E-state index in [1.54, 1.807) is 30.8 Å². The molecule has 7 heteroatoms. The van der Waals surface area contributed by atoms with E-state index in [0.29, 0.717) is 12.1 Å². The number of hydrogen-bond donors (Lipinski definition) is 2. The van der Waals surface area contributed by atoms with Crippen LogP contribution in [0.25, 0.3) is 0 Å². The molecule has 1 aliphatic heterocycles. The lowest BCUT2D eigenvalue weighted by atomic mass is 10.0. The normalized spacial score (nSPS) is 17.2. The van der Waals surface area contributed by atoms with E-state index in [0.717, 1.165) is 44.2 Å². The van der Waals surface area contributed by atoms with E-state index in [9.17, 15) is 4.79 Å². The van der Waals surface area contributed by atoms with Crippen molar-refractivity contribution in [1.29, 1.82) is 0 Å². The van der Waals surface area contributed by atoms with Crippen LogP contribution in [0.2, 0.25) is 0 Å². The van der Waals surface area contributed by atoms with E-state index in [-0.39, 0.29) is 12.5 Å². The smallest absolute Gasteiger partial charge is 0.243 e. The van der Waals surface area contributed by atoms with Crippen molar-refractivity contribution >= 4 is 23.6 Å². The van der Waals surface area contributed by atoms with Crippen LogP contribution in [0.1, 0.15) is 31.4 Å². The molecule has 28 heavy (non-hydrogen) atoms. The molecule has 1 heterocycles. The standard InChI is InChI=1S/C21H35N5OS/c1-17(18-8-6-5-7-9-18)26-13-10-19(11-14-26)24-21(22-12-15-28-4)23-16-20(27)25(2)3/h5-9,17,19H,10-16H2,1-4H3,(H2,22,23,24). The van der Waals surface area contributed by atoms with Gasteiger partial charge in [-0.05, 0) is 31.6 Å². The number of likely N-dealkylation sites (N-methyl/N-ethyl adjacent to an activating group) is 1. The van der Waals surface area contributed by atoms with Gasteiger partial charge in [-0.3, -0.25) is 9.69 Å². The number of nitrogens with one attached hydrogen (secondary N) is 2. The van der Waals surface area contributed by atoms with Crippen LogP contribution in [0.15, 0.2) is 35.3 Å². The molecule has 0 spiro atoms. The molecule has 1 unspecified atom stereocenters. The average molecular weight is 406 g/mol. The van der Waals surface area contributed by atoms with Crippen molar-refractivity contribution < 1.29 is 4.79 Å². The van der Waals surface area contributed by atoms with Crippen LogP contribution in [0.5, 0.6) is 0 Å². The second-order valence-corrected chi connectivity index (χ2v) is 8.40. The van der Waals surface area contributed by atoms with E-state index in [1.165, 1.54) is 5.56 Å². The maximum Gasteiger partial charge on any atom is 0.243 e. The number of hydrogen-bond acceptors (Lipinski definition) is 4. The maximum atomic E-state index is 11.9. The van der Waals surface area contributed by atoms with Gasteiger partial charge in [0.15, 0.2) is 5.96 Å². The summed E-state index contributed by atoms with van der Waals surface area (Å²) in [4.78, 5) is 20.5. The van der Waals surface area contributed by atoms with Gasteiger partial charge >= 0.3 is 0 Å². The van der Waals surface area contributed by atoms with Gasteiger partial charge in [-0.1, -0.05) is 30.3 Å². The lowest BCUT2D eigenvalue weighted by Gasteiger charge is -2.37. The van der Waals surface area contributed by atoms with E-state index in [2.05, 4.69) is 64.0 Å². The molecule has 1 aromatic carbocycles. The first-order valence-electron chi connectivity index (χ1n) is 10.0. The number of carbonyl (C=O) groups excluding carboxylic acids is 1. The quantitative estimate of drug-likeness (QED) is 0.394.